The van der Waals surface area contributed by atoms with E-state index in [4.69, 9.17) is 17.2 Å². The van der Waals surface area contributed by atoms with Crippen LogP contribution in [0.1, 0.15) is 73.5 Å². The molecule has 150 valence electrons. The Hall–Kier alpha value is -2.33. The summed E-state index contributed by atoms with van der Waals surface area (Å²) in [4.78, 5) is 20.9. The predicted molar refractivity (Wildman–Crippen MR) is 123 cm³/mol. The van der Waals surface area contributed by atoms with Crippen LogP contribution in [0.4, 0.5) is 0 Å². The van der Waals surface area contributed by atoms with Crippen molar-refractivity contribution in [1.82, 2.24) is 4.90 Å². The van der Waals surface area contributed by atoms with Crippen LogP contribution >= 0.6 is 12.2 Å². The summed E-state index contributed by atoms with van der Waals surface area (Å²) in [5.41, 5.74) is 4.43. The maximum absolute atomic E-state index is 13.5. The molecule has 2 aliphatic rings. The van der Waals surface area contributed by atoms with E-state index in [1.165, 1.54) is 5.56 Å². The predicted octanol–water partition coefficient (Wildman–Crippen LogP) is 5.84. The van der Waals surface area contributed by atoms with Gasteiger partial charge in [0.15, 0.2) is 0 Å². The average molecular weight is 405 g/mol. The van der Waals surface area contributed by atoms with Crippen LogP contribution in [-0.4, -0.2) is 27.2 Å². The normalized spacial score (nSPS) is 18.4. The van der Waals surface area contributed by atoms with Crippen LogP contribution in [-0.2, 0) is 5.41 Å². The minimum Gasteiger partial charge on any atom is -0.271 e. The molecule has 3 nitrogen and oxygen atoms in total. The minimum absolute atomic E-state index is 0.0399. The molecule has 1 aliphatic carbocycles. The molecular formula is C25H28N2OS. The third kappa shape index (κ3) is 3.55. The highest BCUT2D eigenvalue weighted by Crippen LogP contribution is 2.42. The lowest BCUT2D eigenvalue weighted by Gasteiger charge is -2.32. The van der Waals surface area contributed by atoms with Crippen LogP contribution in [0.2, 0.25) is 0 Å². The quantitative estimate of drug-likeness (QED) is 0.590. The van der Waals surface area contributed by atoms with Crippen molar-refractivity contribution in [2.75, 3.05) is 0 Å². The first-order chi connectivity index (χ1) is 13.7. The van der Waals surface area contributed by atoms with Crippen molar-refractivity contribution in [2.45, 2.75) is 64.5 Å². The van der Waals surface area contributed by atoms with Crippen LogP contribution in [0.15, 0.2) is 53.5 Å². The maximum atomic E-state index is 13.5. The second-order valence-electron chi connectivity index (χ2n) is 9.29. The summed E-state index contributed by atoms with van der Waals surface area (Å²) >= 11 is 5.84. The zero-order valence-electron chi connectivity index (χ0n) is 17.7. The molecular weight excluding hydrogens is 376 g/mol. The second-order valence-corrected chi connectivity index (χ2v) is 9.68. The number of aliphatic imine (C=N–C) groups is 1. The van der Waals surface area contributed by atoms with E-state index in [0.29, 0.717) is 10.6 Å². The summed E-state index contributed by atoms with van der Waals surface area (Å²) < 4.78 is 0. The lowest BCUT2D eigenvalue weighted by Crippen LogP contribution is -2.48. The summed E-state index contributed by atoms with van der Waals surface area (Å²) in [6, 6.07) is 16.2. The van der Waals surface area contributed by atoms with Crippen molar-refractivity contribution in [3.05, 3.63) is 70.8 Å². The molecule has 0 unspecified atom stereocenters. The SMILES string of the molecule is Cc1ccc(C(=O)N2C(=S)C(c3ccc(C(C)(C)C)cc3)=NC23CCCC3)cc1. The summed E-state index contributed by atoms with van der Waals surface area (Å²) in [5, 5.41) is 0. The van der Waals surface area contributed by atoms with Gasteiger partial charge < -0.3 is 0 Å². The van der Waals surface area contributed by atoms with E-state index < -0.39 is 5.66 Å². The summed E-state index contributed by atoms with van der Waals surface area (Å²) in [7, 11) is 0. The van der Waals surface area contributed by atoms with E-state index in [1.54, 1.807) is 4.90 Å². The smallest absolute Gasteiger partial charge is 0.260 e. The van der Waals surface area contributed by atoms with Crippen molar-refractivity contribution in [1.29, 1.82) is 0 Å². The summed E-state index contributed by atoms with van der Waals surface area (Å²) in [6.45, 7) is 8.63. The van der Waals surface area contributed by atoms with E-state index in [-0.39, 0.29) is 11.3 Å². The van der Waals surface area contributed by atoms with Crippen molar-refractivity contribution in [3.8, 4) is 0 Å². The number of aryl methyl sites for hydroxylation is 1. The van der Waals surface area contributed by atoms with Gasteiger partial charge in [0.25, 0.3) is 5.91 Å². The first kappa shape index (κ1) is 20.0. The number of nitrogens with zero attached hydrogens (tertiary/aromatic N) is 2. The molecule has 0 radical (unpaired) electrons. The van der Waals surface area contributed by atoms with Crippen molar-refractivity contribution < 1.29 is 4.79 Å². The molecule has 4 heteroatoms. The van der Waals surface area contributed by atoms with Crippen LogP contribution in [0.3, 0.4) is 0 Å². The van der Waals surface area contributed by atoms with E-state index >= 15 is 0 Å². The highest BCUT2D eigenvalue weighted by atomic mass is 32.1. The van der Waals surface area contributed by atoms with Gasteiger partial charge in [-0.2, -0.15) is 0 Å². The average Bonchev–Trinajstić information content (AvgIpc) is 3.26. The Labute approximate surface area is 178 Å². The number of benzene rings is 2. The molecule has 1 spiro atoms. The Bertz CT molecular complexity index is 975. The van der Waals surface area contributed by atoms with Crippen LogP contribution in [0.25, 0.3) is 0 Å². The zero-order valence-corrected chi connectivity index (χ0v) is 18.5. The lowest BCUT2D eigenvalue weighted by molar-refractivity contribution is 0.0724. The summed E-state index contributed by atoms with van der Waals surface area (Å²) in [5.74, 6) is -0.0399. The van der Waals surface area contributed by atoms with Gasteiger partial charge in [0.2, 0.25) is 0 Å². The zero-order chi connectivity index (χ0) is 20.8. The molecule has 1 saturated carbocycles. The van der Waals surface area contributed by atoms with E-state index in [9.17, 15) is 4.79 Å². The Kier molecular flexibility index (Phi) is 4.94. The van der Waals surface area contributed by atoms with Gasteiger partial charge in [-0.25, -0.2) is 0 Å². The molecule has 1 heterocycles. The standard InChI is InChI=1S/C25H28N2OS/c1-17-7-9-19(10-8-17)22(28)27-23(29)21(26-25(27)15-5-6-16-25)18-11-13-20(14-12-18)24(2,3)4/h7-14H,5-6,15-16H2,1-4H3. The number of carbonyl (C=O) groups excluding carboxylic acids is 1. The van der Waals surface area contributed by atoms with Gasteiger partial charge in [-0.1, -0.05) is 75.0 Å². The highest BCUT2D eigenvalue weighted by Gasteiger charge is 2.50. The molecule has 0 N–H and O–H groups in total. The van der Waals surface area contributed by atoms with E-state index in [0.717, 1.165) is 42.5 Å². The van der Waals surface area contributed by atoms with Crippen LogP contribution in [0, 0.1) is 6.92 Å². The Morgan fingerprint density at radius 1 is 1.00 bits per heavy atom. The number of amides is 1. The number of hydrogen-bond acceptors (Lipinski definition) is 3. The fraction of sp³-hybridized carbons (Fsp3) is 0.400. The molecule has 0 aromatic heterocycles. The van der Waals surface area contributed by atoms with Gasteiger partial charge in [-0.05, 0) is 55.7 Å². The molecule has 0 bridgehead atoms. The third-order valence-electron chi connectivity index (χ3n) is 6.07. The molecule has 29 heavy (non-hydrogen) atoms. The molecule has 2 aromatic rings. The Morgan fingerprint density at radius 3 is 2.14 bits per heavy atom. The Morgan fingerprint density at radius 2 is 1.59 bits per heavy atom. The number of hydrogen-bond donors (Lipinski definition) is 0. The third-order valence-corrected chi connectivity index (χ3v) is 6.45. The monoisotopic (exact) mass is 404 g/mol. The van der Waals surface area contributed by atoms with E-state index in [2.05, 4.69) is 45.0 Å². The first-order valence-corrected chi connectivity index (χ1v) is 10.8. The van der Waals surface area contributed by atoms with Gasteiger partial charge in [-0.3, -0.25) is 14.7 Å². The molecule has 1 amide bonds. The van der Waals surface area contributed by atoms with E-state index in [1.807, 2.05) is 31.2 Å². The molecule has 2 aromatic carbocycles. The first-order valence-electron chi connectivity index (χ1n) is 10.4. The summed E-state index contributed by atoms with van der Waals surface area (Å²) in [6.07, 6.45) is 3.88. The van der Waals surface area contributed by atoms with Crippen LogP contribution < -0.4 is 0 Å². The van der Waals surface area contributed by atoms with Gasteiger partial charge >= 0.3 is 0 Å². The second kappa shape index (κ2) is 7.17. The molecule has 1 fully saturated rings. The molecule has 0 saturated heterocycles. The largest absolute Gasteiger partial charge is 0.271 e. The van der Waals surface area contributed by atoms with Crippen molar-refractivity contribution in [3.63, 3.8) is 0 Å². The number of carbonyl (C=O) groups is 1. The van der Waals surface area contributed by atoms with Crippen molar-refractivity contribution in [2.24, 2.45) is 4.99 Å². The topological polar surface area (TPSA) is 32.7 Å². The Balaban J connectivity index is 1.71. The van der Waals surface area contributed by atoms with Crippen molar-refractivity contribution >= 4 is 28.8 Å². The fourth-order valence-corrected chi connectivity index (χ4v) is 4.72. The molecule has 1 aliphatic heterocycles. The van der Waals surface area contributed by atoms with Gasteiger partial charge in [0.05, 0.1) is 0 Å². The number of thiocarbonyl (C=S) groups is 1. The van der Waals surface area contributed by atoms with Gasteiger partial charge in [0.1, 0.15) is 16.4 Å². The van der Waals surface area contributed by atoms with Crippen LogP contribution in [0.5, 0.6) is 0 Å². The van der Waals surface area contributed by atoms with Gasteiger partial charge in [-0.15, -0.1) is 0 Å². The molecule has 0 atom stereocenters. The number of rotatable bonds is 2. The van der Waals surface area contributed by atoms with Gasteiger partial charge in [0, 0.05) is 11.1 Å². The molecule has 4 rings (SSSR count). The highest BCUT2D eigenvalue weighted by molar-refractivity contribution is 7.82. The minimum atomic E-state index is -0.517. The fourth-order valence-electron chi connectivity index (χ4n) is 4.30. The lowest BCUT2D eigenvalue weighted by atomic mass is 9.86. The maximum Gasteiger partial charge on any atom is 0.260 e.